The molecule has 0 N–H and O–H groups in total. The smallest absolute Gasteiger partial charge is 0.360 e. The molecule has 2 aromatic rings. The van der Waals surface area contributed by atoms with Gasteiger partial charge in [-0.15, -0.1) is 0 Å². The van der Waals surface area contributed by atoms with Gasteiger partial charge in [-0.05, 0) is 33.6 Å². The maximum atomic E-state index is 14.5. The zero-order chi connectivity index (χ0) is 34.0. The molecule has 7 heteroatoms. The zero-order valence-electron chi connectivity index (χ0n) is 29.6. The fraction of sp³-hybridized carbons (Fsp3) is 0.634. The predicted octanol–water partition coefficient (Wildman–Crippen LogP) is 8.56. The minimum Gasteiger partial charge on any atom is -0.460 e. The van der Waals surface area contributed by atoms with Gasteiger partial charge in [0.25, 0.3) is 5.60 Å². The molecule has 7 nitrogen and oxygen atoms in total. The Bertz CT molecular complexity index is 1270. The number of carbonyl (C=O) groups excluding carboxylic acids is 3. The fourth-order valence-electron chi connectivity index (χ4n) is 8.66. The summed E-state index contributed by atoms with van der Waals surface area (Å²) in [4.78, 5) is 40.0. The molecule has 3 aliphatic rings. The van der Waals surface area contributed by atoms with Crippen LogP contribution in [0.5, 0.6) is 0 Å². The first-order valence-electron chi connectivity index (χ1n) is 18.7. The van der Waals surface area contributed by atoms with E-state index in [0.29, 0.717) is 36.1 Å². The summed E-state index contributed by atoms with van der Waals surface area (Å²) in [5.41, 5.74) is -0.856. The second-order valence-corrected chi connectivity index (χ2v) is 15.4. The first-order valence-corrected chi connectivity index (χ1v) is 18.7. The normalized spacial score (nSPS) is 21.6. The van der Waals surface area contributed by atoms with Gasteiger partial charge in [0.2, 0.25) is 0 Å². The van der Waals surface area contributed by atoms with Gasteiger partial charge in [0, 0.05) is 62.5 Å². The lowest BCUT2D eigenvalue weighted by atomic mass is 9.85. The average molecular weight is 661 g/mol. The summed E-state index contributed by atoms with van der Waals surface area (Å²) in [6, 6.07) is 19.9. The van der Waals surface area contributed by atoms with Crippen molar-refractivity contribution in [2.45, 2.75) is 153 Å². The highest BCUT2D eigenvalue weighted by Crippen LogP contribution is 2.47. The molecule has 2 aromatic carbocycles. The molecule has 0 aliphatic carbocycles. The molecule has 0 radical (unpaired) electrons. The Kier molecular flexibility index (Phi) is 12.4. The van der Waals surface area contributed by atoms with Crippen LogP contribution in [0, 0.1) is 0 Å². The van der Waals surface area contributed by atoms with Crippen molar-refractivity contribution < 1.29 is 33.1 Å². The van der Waals surface area contributed by atoms with E-state index in [1.165, 1.54) is 43.3 Å². The molecule has 0 aromatic heterocycles. The number of unbranched alkanes of at least 4 members (excludes halogenated alkanes) is 7. The van der Waals surface area contributed by atoms with E-state index in [1.54, 1.807) is 0 Å². The number of hydrogen-bond donors (Lipinski definition) is 0. The maximum Gasteiger partial charge on any atom is 0.360 e. The SMILES string of the molecule is CC(C)(C)OC(=O)CCCCCCCCCCC(=O)OC(C(=O)OC1CC2CCC(C1)[N+]21CCCC1)(c1ccccc1)c1ccccc1. The van der Waals surface area contributed by atoms with Gasteiger partial charge in [-0.3, -0.25) is 9.59 Å². The second kappa shape index (κ2) is 16.5. The minimum atomic E-state index is -1.66. The lowest BCUT2D eigenvalue weighted by Crippen LogP contribution is -2.60. The van der Waals surface area contributed by atoms with Crippen molar-refractivity contribution in [2.75, 3.05) is 13.1 Å². The molecule has 2 unspecified atom stereocenters. The third-order valence-corrected chi connectivity index (χ3v) is 10.9. The van der Waals surface area contributed by atoms with Crippen molar-refractivity contribution in [1.29, 1.82) is 0 Å². The van der Waals surface area contributed by atoms with Gasteiger partial charge in [-0.1, -0.05) is 99.2 Å². The van der Waals surface area contributed by atoms with Crippen LogP contribution in [0.2, 0.25) is 0 Å². The molecule has 0 saturated carbocycles. The number of benzene rings is 2. The first kappa shape index (κ1) is 36.1. The highest BCUT2D eigenvalue weighted by molar-refractivity contribution is 5.89. The molecule has 1 spiro atoms. The molecule has 3 fully saturated rings. The van der Waals surface area contributed by atoms with Crippen molar-refractivity contribution in [1.82, 2.24) is 0 Å². The third kappa shape index (κ3) is 8.88. The predicted molar refractivity (Wildman–Crippen MR) is 187 cm³/mol. The van der Waals surface area contributed by atoms with Gasteiger partial charge >= 0.3 is 17.9 Å². The van der Waals surface area contributed by atoms with Crippen molar-refractivity contribution in [3.63, 3.8) is 0 Å². The number of hydrogen-bond acceptors (Lipinski definition) is 6. The maximum absolute atomic E-state index is 14.5. The number of carbonyl (C=O) groups is 3. The summed E-state index contributed by atoms with van der Waals surface area (Å²) in [7, 11) is 0. The van der Waals surface area contributed by atoms with Gasteiger partial charge in [-0.25, -0.2) is 4.79 Å². The number of esters is 3. The second-order valence-electron chi connectivity index (χ2n) is 15.4. The Balaban J connectivity index is 1.15. The van der Waals surface area contributed by atoms with E-state index >= 15 is 0 Å². The van der Waals surface area contributed by atoms with Crippen LogP contribution in [-0.4, -0.2) is 59.3 Å². The van der Waals surface area contributed by atoms with Crippen LogP contribution in [0.4, 0.5) is 0 Å². The summed E-state index contributed by atoms with van der Waals surface area (Å²) in [5.74, 6) is -0.991. The van der Waals surface area contributed by atoms with Crippen molar-refractivity contribution in [3.05, 3.63) is 71.8 Å². The van der Waals surface area contributed by atoms with Crippen molar-refractivity contribution in [2.24, 2.45) is 0 Å². The molecule has 48 heavy (non-hydrogen) atoms. The largest absolute Gasteiger partial charge is 0.460 e. The van der Waals surface area contributed by atoms with Gasteiger partial charge in [0.1, 0.15) is 11.7 Å². The molecule has 5 rings (SSSR count). The van der Waals surface area contributed by atoms with Crippen molar-refractivity contribution >= 4 is 17.9 Å². The standard InChI is InChI=1S/C41H58NO6/c1-40(2,3)47-37(43)24-16-8-6-4-5-7-9-17-25-38(44)48-41(32-20-12-10-13-21-32,33-22-14-11-15-23-33)39(45)46-36-30-34-26-27-35(31-36)42(34)28-18-19-29-42/h10-15,20-23,34-36H,4-9,16-19,24-31H2,1-3H3/q+1. The lowest BCUT2D eigenvalue weighted by Gasteiger charge is -2.47. The van der Waals surface area contributed by atoms with Crippen LogP contribution >= 0.6 is 0 Å². The molecular weight excluding hydrogens is 602 g/mol. The van der Waals surface area contributed by atoms with Gasteiger partial charge < -0.3 is 18.7 Å². The summed E-state index contributed by atoms with van der Waals surface area (Å²) < 4.78 is 19.4. The summed E-state index contributed by atoms with van der Waals surface area (Å²) >= 11 is 0. The number of ether oxygens (including phenoxy) is 3. The molecule has 0 amide bonds. The molecule has 3 heterocycles. The Morgan fingerprint density at radius 1 is 0.646 bits per heavy atom. The van der Waals surface area contributed by atoms with E-state index in [2.05, 4.69) is 0 Å². The Morgan fingerprint density at radius 3 is 1.54 bits per heavy atom. The summed E-state index contributed by atoms with van der Waals surface area (Å²) in [5, 5.41) is 0. The van der Waals surface area contributed by atoms with Gasteiger partial charge in [0.05, 0.1) is 25.2 Å². The fourth-order valence-corrected chi connectivity index (χ4v) is 8.66. The van der Waals surface area contributed by atoms with Crippen LogP contribution in [0.25, 0.3) is 0 Å². The van der Waals surface area contributed by atoms with E-state index in [1.807, 2.05) is 81.4 Å². The van der Waals surface area contributed by atoms with Crippen LogP contribution in [-0.2, 0) is 34.2 Å². The van der Waals surface area contributed by atoms with Crippen LogP contribution < -0.4 is 0 Å². The number of quaternary nitrogens is 1. The number of nitrogens with zero attached hydrogens (tertiary/aromatic N) is 1. The van der Waals surface area contributed by atoms with E-state index in [0.717, 1.165) is 57.8 Å². The van der Waals surface area contributed by atoms with Gasteiger partial charge in [0.15, 0.2) is 0 Å². The van der Waals surface area contributed by atoms with E-state index in [9.17, 15) is 14.4 Å². The molecule has 2 bridgehead atoms. The average Bonchev–Trinajstić information content (AvgIpc) is 3.61. The minimum absolute atomic E-state index is 0.122. The monoisotopic (exact) mass is 660 g/mol. The number of rotatable bonds is 16. The topological polar surface area (TPSA) is 78.9 Å². The molecule has 262 valence electrons. The number of piperidine rings is 1. The molecule has 2 atom stereocenters. The highest BCUT2D eigenvalue weighted by Gasteiger charge is 2.57. The van der Waals surface area contributed by atoms with E-state index in [4.69, 9.17) is 14.2 Å². The van der Waals surface area contributed by atoms with E-state index < -0.39 is 17.2 Å². The van der Waals surface area contributed by atoms with Crippen molar-refractivity contribution in [3.8, 4) is 0 Å². The summed E-state index contributed by atoms with van der Waals surface area (Å²) in [6.45, 7) is 8.21. The summed E-state index contributed by atoms with van der Waals surface area (Å²) in [6.07, 6.45) is 15.2. The van der Waals surface area contributed by atoms with Crippen LogP contribution in [0.15, 0.2) is 60.7 Å². The van der Waals surface area contributed by atoms with Crippen LogP contribution in [0.3, 0.4) is 0 Å². The molecule has 3 aliphatic heterocycles. The first-order chi connectivity index (χ1) is 23.1. The lowest BCUT2D eigenvalue weighted by molar-refractivity contribution is -0.956. The Labute approximate surface area is 288 Å². The Hall–Kier alpha value is -3.19. The van der Waals surface area contributed by atoms with Gasteiger partial charge in [-0.2, -0.15) is 0 Å². The molecular formula is C41H58NO6+. The highest BCUT2D eigenvalue weighted by atomic mass is 16.6. The zero-order valence-corrected chi connectivity index (χ0v) is 29.6. The third-order valence-electron chi connectivity index (χ3n) is 10.9. The quantitative estimate of drug-likeness (QED) is 0.0777. The van der Waals surface area contributed by atoms with E-state index in [-0.39, 0.29) is 24.5 Å². The molecule has 3 saturated heterocycles. The Morgan fingerprint density at radius 2 is 1.08 bits per heavy atom. The van der Waals surface area contributed by atoms with Crippen LogP contribution in [0.1, 0.15) is 135 Å².